The van der Waals surface area contributed by atoms with Crippen molar-refractivity contribution >= 4 is 45.2 Å². The largest absolute Gasteiger partial charge is 0.478 e. The fourth-order valence-corrected chi connectivity index (χ4v) is 3.26. The Hall–Kier alpha value is -2.35. The minimum atomic E-state index is -0.229. The molecule has 3 aromatic rings. The maximum atomic E-state index is 12.7. The van der Waals surface area contributed by atoms with Gasteiger partial charge in [-0.25, -0.2) is 0 Å². The van der Waals surface area contributed by atoms with Crippen LogP contribution in [0.25, 0.3) is 22.3 Å². The molecule has 6 heteroatoms. The van der Waals surface area contributed by atoms with E-state index in [1.807, 2.05) is 52.9 Å². The van der Waals surface area contributed by atoms with E-state index in [9.17, 15) is 9.59 Å². The van der Waals surface area contributed by atoms with Crippen molar-refractivity contribution in [1.82, 2.24) is 0 Å². The van der Waals surface area contributed by atoms with Gasteiger partial charge in [-0.05, 0) is 34.7 Å². The van der Waals surface area contributed by atoms with Gasteiger partial charge in [0.05, 0.1) is 11.1 Å². The second kappa shape index (κ2) is 5.38. The molecule has 1 N–H and O–H groups in total. The number of halogens is 1. The first-order valence-corrected chi connectivity index (χ1v) is 8.00. The quantitative estimate of drug-likeness (QED) is 0.615. The third-order valence-electron chi connectivity index (χ3n) is 3.62. The molecule has 0 saturated carbocycles. The molecule has 1 amide bonds. The smallest absolute Gasteiger partial charge is 0.262 e. The molecule has 0 aliphatic carbocycles. The predicted octanol–water partition coefficient (Wildman–Crippen LogP) is 3.40. The van der Waals surface area contributed by atoms with Gasteiger partial charge in [0.25, 0.3) is 5.91 Å². The zero-order valence-electron chi connectivity index (χ0n) is 11.8. The van der Waals surface area contributed by atoms with Crippen LogP contribution in [-0.4, -0.2) is 12.5 Å². The summed E-state index contributed by atoms with van der Waals surface area (Å²) in [6, 6.07) is 12.7. The number of amides is 1. The molecule has 0 radical (unpaired) electrons. The van der Waals surface area contributed by atoms with Crippen LogP contribution in [0.2, 0.25) is 0 Å². The summed E-state index contributed by atoms with van der Waals surface area (Å²) in [5.74, 6) is 0.665. The van der Waals surface area contributed by atoms with Gasteiger partial charge in [0.15, 0.2) is 23.7 Å². The van der Waals surface area contributed by atoms with E-state index in [0.29, 0.717) is 31.7 Å². The third kappa shape index (κ3) is 2.29. The van der Waals surface area contributed by atoms with Gasteiger partial charge in [-0.2, -0.15) is 0 Å². The van der Waals surface area contributed by atoms with Crippen LogP contribution in [0.5, 0.6) is 5.75 Å². The topological polar surface area (TPSA) is 68.5 Å². The van der Waals surface area contributed by atoms with Crippen LogP contribution >= 0.6 is 22.6 Å². The standard InChI is InChI=1S/C17H10INO4/c18-13-14(21)10-6-7-11-17(22-8-12(20)19-11)16(10)23-15(13)9-4-2-1-3-5-9/h1-7H,8H2,(H,19,20). The molecule has 0 spiro atoms. The van der Waals surface area contributed by atoms with Crippen LogP contribution in [-0.2, 0) is 4.79 Å². The van der Waals surface area contributed by atoms with E-state index >= 15 is 0 Å². The predicted molar refractivity (Wildman–Crippen MR) is 94.8 cm³/mol. The maximum absolute atomic E-state index is 12.7. The first-order valence-electron chi connectivity index (χ1n) is 6.92. The van der Waals surface area contributed by atoms with Crippen molar-refractivity contribution in [2.45, 2.75) is 0 Å². The number of hydrogen-bond donors (Lipinski definition) is 1. The van der Waals surface area contributed by atoms with Gasteiger partial charge in [-0.1, -0.05) is 30.3 Å². The van der Waals surface area contributed by atoms with E-state index in [0.717, 1.165) is 5.56 Å². The van der Waals surface area contributed by atoms with Crippen LogP contribution in [0.3, 0.4) is 0 Å². The van der Waals surface area contributed by atoms with E-state index < -0.39 is 0 Å². The molecule has 4 rings (SSSR count). The monoisotopic (exact) mass is 419 g/mol. The lowest BCUT2D eigenvalue weighted by Crippen LogP contribution is -2.25. The minimum absolute atomic E-state index is 0.0948. The zero-order chi connectivity index (χ0) is 16.0. The third-order valence-corrected chi connectivity index (χ3v) is 4.60. The fraction of sp³-hybridized carbons (Fsp3) is 0.0588. The number of carbonyl (C=O) groups excluding carboxylic acids is 1. The van der Waals surface area contributed by atoms with Crippen LogP contribution in [0.4, 0.5) is 5.69 Å². The molecule has 0 saturated heterocycles. The Bertz CT molecular complexity index is 995. The van der Waals surface area contributed by atoms with Crippen molar-refractivity contribution in [2.24, 2.45) is 0 Å². The molecule has 1 aromatic heterocycles. The molecule has 1 aliphatic heterocycles. The van der Waals surface area contributed by atoms with E-state index in [2.05, 4.69) is 5.32 Å². The average molecular weight is 419 g/mol. The minimum Gasteiger partial charge on any atom is -0.478 e. The number of benzene rings is 2. The number of rotatable bonds is 1. The van der Waals surface area contributed by atoms with Crippen molar-refractivity contribution in [3.63, 3.8) is 0 Å². The molecular formula is C17H10INO4. The Morgan fingerprint density at radius 1 is 1.04 bits per heavy atom. The number of carbonyl (C=O) groups is 1. The highest BCUT2D eigenvalue weighted by Gasteiger charge is 2.23. The van der Waals surface area contributed by atoms with Gasteiger partial charge in [-0.3, -0.25) is 9.59 Å². The SMILES string of the molecule is O=C1COc2c(ccc3c(=O)c(I)c(-c4ccccc4)oc23)N1. The molecule has 23 heavy (non-hydrogen) atoms. The lowest BCUT2D eigenvalue weighted by atomic mass is 10.1. The Kier molecular flexibility index (Phi) is 3.33. The van der Waals surface area contributed by atoms with Crippen LogP contribution < -0.4 is 15.5 Å². The fourth-order valence-electron chi connectivity index (χ4n) is 2.55. The van der Waals surface area contributed by atoms with Crippen molar-refractivity contribution in [3.8, 4) is 17.1 Å². The molecule has 114 valence electrons. The number of nitrogens with one attached hydrogen (secondary N) is 1. The molecule has 0 atom stereocenters. The molecule has 0 bridgehead atoms. The summed E-state index contributed by atoms with van der Waals surface area (Å²) in [7, 11) is 0. The van der Waals surface area contributed by atoms with Crippen molar-refractivity contribution in [3.05, 3.63) is 56.3 Å². The lowest BCUT2D eigenvalue weighted by molar-refractivity contribution is -0.118. The first kappa shape index (κ1) is 14.3. The van der Waals surface area contributed by atoms with E-state index in [1.54, 1.807) is 12.1 Å². The highest BCUT2D eigenvalue weighted by Crippen LogP contribution is 2.37. The van der Waals surface area contributed by atoms with Crippen molar-refractivity contribution in [1.29, 1.82) is 0 Å². The highest BCUT2D eigenvalue weighted by molar-refractivity contribution is 14.1. The molecule has 2 heterocycles. The van der Waals surface area contributed by atoms with Crippen molar-refractivity contribution < 1.29 is 13.9 Å². The number of hydrogen-bond acceptors (Lipinski definition) is 4. The molecule has 0 unspecified atom stereocenters. The second-order valence-corrected chi connectivity index (χ2v) is 6.17. The first-order chi connectivity index (χ1) is 11.1. The second-order valence-electron chi connectivity index (χ2n) is 5.10. The Labute approximate surface area is 144 Å². The molecule has 2 aromatic carbocycles. The van der Waals surface area contributed by atoms with Crippen molar-refractivity contribution in [2.75, 3.05) is 11.9 Å². The van der Waals surface area contributed by atoms with Gasteiger partial charge in [0, 0.05) is 5.56 Å². The summed E-state index contributed by atoms with van der Waals surface area (Å²) in [5, 5.41) is 3.15. The van der Waals surface area contributed by atoms with Gasteiger partial charge < -0.3 is 14.5 Å². The molecule has 0 fully saturated rings. The number of ether oxygens (including phenoxy) is 1. The summed E-state index contributed by atoms with van der Waals surface area (Å²) in [6.07, 6.45) is 0. The zero-order valence-corrected chi connectivity index (χ0v) is 13.9. The van der Waals surface area contributed by atoms with Crippen LogP contribution in [0.1, 0.15) is 0 Å². The summed E-state index contributed by atoms with van der Waals surface area (Å²) >= 11 is 2.00. The lowest BCUT2D eigenvalue weighted by Gasteiger charge is -2.19. The normalized spacial score (nSPS) is 13.3. The molecule has 1 aliphatic rings. The summed E-state index contributed by atoms with van der Waals surface area (Å²) in [5.41, 5.74) is 1.56. The van der Waals surface area contributed by atoms with Gasteiger partial charge in [0.1, 0.15) is 3.57 Å². The van der Waals surface area contributed by atoms with E-state index in [1.165, 1.54) is 0 Å². The number of anilines is 1. The average Bonchev–Trinajstić information content (AvgIpc) is 2.58. The summed E-state index contributed by atoms with van der Waals surface area (Å²) < 4.78 is 12.0. The molecular weight excluding hydrogens is 409 g/mol. The number of fused-ring (bicyclic) bond motifs is 3. The maximum Gasteiger partial charge on any atom is 0.262 e. The van der Waals surface area contributed by atoms with Gasteiger partial charge in [0.2, 0.25) is 5.43 Å². The molecule has 5 nitrogen and oxygen atoms in total. The van der Waals surface area contributed by atoms with Crippen LogP contribution in [0.15, 0.2) is 51.7 Å². The highest BCUT2D eigenvalue weighted by atomic mass is 127. The Balaban J connectivity index is 2.05. The summed E-state index contributed by atoms with van der Waals surface area (Å²) in [4.78, 5) is 24.1. The van der Waals surface area contributed by atoms with E-state index in [-0.39, 0.29) is 17.9 Å². The van der Waals surface area contributed by atoms with E-state index in [4.69, 9.17) is 9.15 Å². The van der Waals surface area contributed by atoms with Gasteiger partial charge >= 0.3 is 0 Å². The van der Waals surface area contributed by atoms with Crippen LogP contribution in [0, 0.1) is 3.57 Å². The van der Waals surface area contributed by atoms with Gasteiger partial charge in [-0.15, -0.1) is 0 Å². The summed E-state index contributed by atoms with van der Waals surface area (Å²) in [6.45, 7) is -0.0948. The Morgan fingerprint density at radius 3 is 2.61 bits per heavy atom. The Morgan fingerprint density at radius 2 is 1.83 bits per heavy atom.